The molecule has 0 radical (unpaired) electrons. The summed E-state index contributed by atoms with van der Waals surface area (Å²) in [6.07, 6.45) is 1.38. The molecule has 1 aromatic rings. The number of nitrogens with one attached hydrogen (secondary N) is 1. The number of fused-ring (bicyclic) bond motifs is 1. The maximum absolute atomic E-state index is 12.6. The predicted molar refractivity (Wildman–Crippen MR) is 99.9 cm³/mol. The van der Waals surface area contributed by atoms with E-state index in [4.69, 9.17) is 9.47 Å². The van der Waals surface area contributed by atoms with Crippen molar-refractivity contribution in [1.82, 2.24) is 5.32 Å². The van der Waals surface area contributed by atoms with Crippen molar-refractivity contribution in [3.05, 3.63) is 32.4 Å². The largest absolute Gasteiger partial charge is 0.477 e. The molecule has 0 saturated carbocycles. The summed E-state index contributed by atoms with van der Waals surface area (Å²) in [5.41, 5.74) is 2.35. The number of carbonyl (C=O) groups is 2. The molecule has 1 aliphatic rings. The lowest BCUT2D eigenvalue weighted by Crippen LogP contribution is -2.51. The zero-order valence-corrected chi connectivity index (χ0v) is 16.8. The smallest absolute Gasteiger partial charge is 0.308 e. The molecule has 0 spiro atoms. The lowest BCUT2D eigenvalue weighted by Gasteiger charge is -2.36. The molecule has 1 atom stereocenters. The van der Waals surface area contributed by atoms with E-state index in [1.807, 2.05) is 20.8 Å². The van der Waals surface area contributed by atoms with Crippen LogP contribution < -0.4 is 14.8 Å². The minimum atomic E-state index is -1.05. The number of esters is 1. The molecule has 1 N–H and O–H groups in total. The van der Waals surface area contributed by atoms with Crippen LogP contribution in [0.5, 0.6) is 11.5 Å². The molecule has 1 aliphatic heterocycles. The number of nitrogens with zero attached hydrogens (tertiary/aromatic N) is 1. The van der Waals surface area contributed by atoms with Crippen molar-refractivity contribution < 1.29 is 29.0 Å². The third kappa shape index (κ3) is 4.52. The van der Waals surface area contributed by atoms with Gasteiger partial charge in [0.25, 0.3) is 11.0 Å². The van der Waals surface area contributed by atoms with Crippen LogP contribution in [0.1, 0.15) is 48.9 Å². The van der Waals surface area contributed by atoms with E-state index in [0.29, 0.717) is 30.8 Å². The van der Waals surface area contributed by atoms with E-state index in [0.717, 1.165) is 22.3 Å². The lowest BCUT2D eigenvalue weighted by atomic mass is 9.86. The minimum Gasteiger partial charge on any atom is -0.477 e. The summed E-state index contributed by atoms with van der Waals surface area (Å²) in [7, 11) is 0. The fraction of sp³-hybridized carbons (Fsp3) is 0.579. The average Bonchev–Trinajstić information content (AvgIpc) is 2.62. The SMILES string of the molecule is CC(=O)Oc1c(C)c(C)c2c(c1C)CCC(C)(C(=O)NCCCO[N+](=O)[O-])O2. The molecular formula is C19H26N2O7. The highest BCUT2D eigenvalue weighted by atomic mass is 16.9. The van der Waals surface area contributed by atoms with Crippen molar-refractivity contribution in [2.75, 3.05) is 13.2 Å². The zero-order chi connectivity index (χ0) is 21.1. The number of hydrogen-bond donors (Lipinski definition) is 1. The monoisotopic (exact) mass is 394 g/mol. The molecule has 154 valence electrons. The van der Waals surface area contributed by atoms with Gasteiger partial charge >= 0.3 is 5.97 Å². The molecule has 0 bridgehead atoms. The zero-order valence-electron chi connectivity index (χ0n) is 16.8. The Morgan fingerprint density at radius 3 is 2.54 bits per heavy atom. The molecule has 1 amide bonds. The minimum absolute atomic E-state index is 0.0793. The summed E-state index contributed by atoms with van der Waals surface area (Å²) in [4.78, 5) is 38.4. The Labute approximate surface area is 163 Å². The van der Waals surface area contributed by atoms with Crippen LogP contribution in [0, 0.1) is 30.9 Å². The molecule has 1 aromatic carbocycles. The Kier molecular flexibility index (Phi) is 6.48. The van der Waals surface area contributed by atoms with Crippen LogP contribution in [-0.2, 0) is 20.8 Å². The number of rotatable bonds is 7. The van der Waals surface area contributed by atoms with E-state index < -0.39 is 10.7 Å². The number of carbonyl (C=O) groups excluding carboxylic acids is 2. The molecule has 2 rings (SSSR count). The second-order valence-corrected chi connectivity index (χ2v) is 7.10. The molecule has 0 saturated heterocycles. The summed E-state index contributed by atoms with van der Waals surface area (Å²) >= 11 is 0. The number of benzene rings is 1. The van der Waals surface area contributed by atoms with Gasteiger partial charge in [0.2, 0.25) is 0 Å². The topological polar surface area (TPSA) is 117 Å². The van der Waals surface area contributed by atoms with E-state index in [-0.39, 0.29) is 25.0 Å². The van der Waals surface area contributed by atoms with Gasteiger partial charge in [0.15, 0.2) is 5.60 Å². The summed E-state index contributed by atoms with van der Waals surface area (Å²) in [5, 5.41) is 12.0. The normalized spacial score (nSPS) is 17.9. The number of ether oxygens (including phenoxy) is 2. The molecular weight excluding hydrogens is 368 g/mol. The van der Waals surface area contributed by atoms with Crippen LogP contribution in [0.2, 0.25) is 0 Å². The van der Waals surface area contributed by atoms with Gasteiger partial charge in [-0.05, 0) is 57.2 Å². The van der Waals surface area contributed by atoms with Gasteiger partial charge in [0.1, 0.15) is 11.5 Å². The van der Waals surface area contributed by atoms with E-state index in [1.54, 1.807) is 6.92 Å². The van der Waals surface area contributed by atoms with Crippen molar-refractivity contribution in [1.29, 1.82) is 0 Å². The Morgan fingerprint density at radius 1 is 1.25 bits per heavy atom. The van der Waals surface area contributed by atoms with Gasteiger partial charge in [-0.3, -0.25) is 9.59 Å². The van der Waals surface area contributed by atoms with Crippen LogP contribution in [0.25, 0.3) is 0 Å². The fourth-order valence-corrected chi connectivity index (χ4v) is 3.29. The van der Waals surface area contributed by atoms with Gasteiger partial charge in [-0.2, -0.15) is 0 Å². The molecule has 0 aromatic heterocycles. The maximum Gasteiger partial charge on any atom is 0.308 e. The standard InChI is InChI=1S/C19H26N2O7/c1-11-12(2)17-15(13(3)16(11)27-14(4)22)7-8-19(5,28-17)18(23)20-9-6-10-26-21(24)25/h6-10H2,1-5H3,(H,20,23). The van der Waals surface area contributed by atoms with Crippen molar-refractivity contribution in [3.8, 4) is 11.5 Å². The number of hydrogen-bond acceptors (Lipinski definition) is 7. The quantitative estimate of drug-likeness (QED) is 0.248. The highest BCUT2D eigenvalue weighted by Gasteiger charge is 2.40. The van der Waals surface area contributed by atoms with E-state index in [1.165, 1.54) is 6.92 Å². The Hall–Kier alpha value is -2.84. The van der Waals surface area contributed by atoms with Crippen LogP contribution in [0.15, 0.2) is 0 Å². The van der Waals surface area contributed by atoms with Crippen LogP contribution in [-0.4, -0.2) is 35.7 Å². The highest BCUT2D eigenvalue weighted by Crippen LogP contribution is 2.43. The van der Waals surface area contributed by atoms with E-state index in [9.17, 15) is 19.7 Å². The number of amides is 1. The van der Waals surface area contributed by atoms with Crippen LogP contribution >= 0.6 is 0 Å². The third-order valence-corrected chi connectivity index (χ3v) is 5.02. The molecule has 9 nitrogen and oxygen atoms in total. The van der Waals surface area contributed by atoms with Crippen LogP contribution in [0.3, 0.4) is 0 Å². The molecule has 9 heteroatoms. The van der Waals surface area contributed by atoms with Gasteiger partial charge in [-0.25, -0.2) is 0 Å². The Balaban J connectivity index is 2.15. The first-order chi connectivity index (χ1) is 13.1. The molecule has 1 unspecified atom stereocenters. The van der Waals surface area contributed by atoms with Crippen molar-refractivity contribution in [2.45, 2.75) is 59.5 Å². The summed E-state index contributed by atoms with van der Waals surface area (Å²) in [6.45, 7) is 8.87. The third-order valence-electron chi connectivity index (χ3n) is 5.02. The van der Waals surface area contributed by atoms with Crippen LogP contribution in [0.4, 0.5) is 0 Å². The van der Waals surface area contributed by atoms with Gasteiger partial charge in [0.05, 0.1) is 6.61 Å². The first kappa shape index (κ1) is 21.5. The van der Waals surface area contributed by atoms with Gasteiger partial charge in [-0.1, -0.05) is 0 Å². The molecule has 0 fully saturated rings. The van der Waals surface area contributed by atoms with Gasteiger partial charge in [0, 0.05) is 25.5 Å². The Morgan fingerprint density at radius 2 is 1.93 bits per heavy atom. The second-order valence-electron chi connectivity index (χ2n) is 7.10. The highest BCUT2D eigenvalue weighted by molar-refractivity contribution is 5.86. The second kappa shape index (κ2) is 8.45. The van der Waals surface area contributed by atoms with Crippen molar-refractivity contribution in [3.63, 3.8) is 0 Å². The van der Waals surface area contributed by atoms with Gasteiger partial charge in [-0.15, -0.1) is 10.1 Å². The first-order valence-corrected chi connectivity index (χ1v) is 9.12. The lowest BCUT2D eigenvalue weighted by molar-refractivity contribution is -0.757. The molecule has 1 heterocycles. The molecule has 28 heavy (non-hydrogen) atoms. The Bertz CT molecular complexity index is 806. The summed E-state index contributed by atoms with van der Waals surface area (Å²) in [5.74, 6) is 0.531. The first-order valence-electron chi connectivity index (χ1n) is 9.12. The summed E-state index contributed by atoms with van der Waals surface area (Å²) in [6, 6.07) is 0. The van der Waals surface area contributed by atoms with Crippen molar-refractivity contribution in [2.24, 2.45) is 0 Å². The van der Waals surface area contributed by atoms with Crippen molar-refractivity contribution >= 4 is 11.9 Å². The summed E-state index contributed by atoms with van der Waals surface area (Å²) < 4.78 is 11.5. The van der Waals surface area contributed by atoms with E-state index in [2.05, 4.69) is 10.2 Å². The predicted octanol–water partition coefficient (Wildman–Crippen LogP) is 2.34. The average molecular weight is 394 g/mol. The van der Waals surface area contributed by atoms with Gasteiger partial charge < -0.3 is 19.6 Å². The maximum atomic E-state index is 12.6. The molecule has 0 aliphatic carbocycles. The van der Waals surface area contributed by atoms with E-state index >= 15 is 0 Å². The fourth-order valence-electron chi connectivity index (χ4n) is 3.29.